The summed E-state index contributed by atoms with van der Waals surface area (Å²) in [5.41, 5.74) is 5.33. The zero-order chi connectivity index (χ0) is 11.3. The summed E-state index contributed by atoms with van der Waals surface area (Å²) in [7, 11) is 1.85. The molecule has 0 saturated heterocycles. The van der Waals surface area contributed by atoms with Crippen LogP contribution in [0.3, 0.4) is 0 Å². The van der Waals surface area contributed by atoms with E-state index in [0.717, 1.165) is 5.82 Å². The molecule has 0 fully saturated rings. The summed E-state index contributed by atoms with van der Waals surface area (Å²) in [5.74, 6) is -0.172. The van der Waals surface area contributed by atoms with Crippen molar-refractivity contribution in [1.82, 2.24) is 20.1 Å². The van der Waals surface area contributed by atoms with Crippen molar-refractivity contribution in [3.63, 3.8) is 0 Å². The third-order valence-corrected chi connectivity index (χ3v) is 2.04. The van der Waals surface area contributed by atoms with Crippen molar-refractivity contribution >= 4 is 5.97 Å². The van der Waals surface area contributed by atoms with E-state index in [1.807, 2.05) is 7.05 Å². The van der Waals surface area contributed by atoms with E-state index in [4.69, 9.17) is 10.8 Å². The molecular weight excluding hydrogens is 198 g/mol. The number of nitrogens with one attached hydrogen (secondary N) is 1. The molecule has 4 N–H and O–H groups in total. The van der Waals surface area contributed by atoms with Gasteiger partial charge in [0.1, 0.15) is 18.2 Å². The van der Waals surface area contributed by atoms with Gasteiger partial charge in [0.05, 0.1) is 6.54 Å². The van der Waals surface area contributed by atoms with Crippen molar-refractivity contribution in [2.24, 2.45) is 12.8 Å². The maximum Gasteiger partial charge on any atom is 0.320 e. The number of carboxylic acids is 1. The van der Waals surface area contributed by atoms with Crippen LogP contribution in [0.2, 0.25) is 0 Å². The molecule has 1 aromatic rings. The summed E-state index contributed by atoms with van der Waals surface area (Å²) in [4.78, 5) is 10.4. The summed E-state index contributed by atoms with van der Waals surface area (Å²) < 4.78 is 1.80. The minimum absolute atomic E-state index is 0.396. The fraction of sp³-hybridized carbons (Fsp3) is 0.625. The van der Waals surface area contributed by atoms with Crippen molar-refractivity contribution in [2.75, 3.05) is 6.54 Å². The smallest absolute Gasteiger partial charge is 0.320 e. The normalized spacial score (nSPS) is 12.7. The van der Waals surface area contributed by atoms with Crippen LogP contribution < -0.4 is 11.1 Å². The maximum absolute atomic E-state index is 10.4. The monoisotopic (exact) mass is 213 g/mol. The first-order chi connectivity index (χ1) is 7.11. The first-order valence-electron chi connectivity index (χ1n) is 4.63. The number of hydrogen-bond donors (Lipinski definition) is 3. The number of aromatic nitrogens is 3. The average molecular weight is 213 g/mol. The number of nitrogens with zero attached hydrogens (tertiary/aromatic N) is 3. The standard InChI is InChI=1S/C8H15N5O2/c1-13-5-11-12-7(13)4-10-3-2-6(9)8(14)15/h5-6,10H,2-4,9H2,1H3,(H,14,15). The lowest BCUT2D eigenvalue weighted by molar-refractivity contribution is -0.138. The molecule has 1 aromatic heterocycles. The molecule has 84 valence electrons. The minimum atomic E-state index is -0.976. The highest BCUT2D eigenvalue weighted by Gasteiger charge is 2.10. The molecule has 0 aromatic carbocycles. The largest absolute Gasteiger partial charge is 0.480 e. The van der Waals surface area contributed by atoms with Gasteiger partial charge in [-0.15, -0.1) is 10.2 Å². The molecule has 15 heavy (non-hydrogen) atoms. The Bertz CT molecular complexity index is 325. The second kappa shape index (κ2) is 5.42. The van der Waals surface area contributed by atoms with E-state index in [2.05, 4.69) is 15.5 Å². The molecule has 1 heterocycles. The molecule has 7 heteroatoms. The minimum Gasteiger partial charge on any atom is -0.480 e. The van der Waals surface area contributed by atoms with Gasteiger partial charge in [-0.3, -0.25) is 4.79 Å². The molecule has 0 radical (unpaired) electrons. The van der Waals surface area contributed by atoms with E-state index in [9.17, 15) is 4.79 Å². The predicted molar refractivity (Wildman–Crippen MR) is 52.9 cm³/mol. The number of rotatable bonds is 6. The van der Waals surface area contributed by atoms with E-state index < -0.39 is 12.0 Å². The number of hydrogen-bond acceptors (Lipinski definition) is 5. The number of carbonyl (C=O) groups is 1. The summed E-state index contributed by atoms with van der Waals surface area (Å²) in [6.07, 6.45) is 2.01. The van der Waals surface area contributed by atoms with Gasteiger partial charge in [0, 0.05) is 7.05 Å². The first-order valence-corrected chi connectivity index (χ1v) is 4.63. The Morgan fingerprint density at radius 3 is 3.07 bits per heavy atom. The lowest BCUT2D eigenvalue weighted by atomic mass is 10.2. The quantitative estimate of drug-likeness (QED) is 0.507. The predicted octanol–water partition coefficient (Wildman–Crippen LogP) is -1.29. The van der Waals surface area contributed by atoms with Crippen LogP contribution in [-0.4, -0.2) is 38.4 Å². The Labute approximate surface area is 87.3 Å². The van der Waals surface area contributed by atoms with E-state index in [1.165, 1.54) is 0 Å². The molecule has 0 amide bonds. The van der Waals surface area contributed by atoms with E-state index in [0.29, 0.717) is 19.5 Å². The third kappa shape index (κ3) is 3.64. The SMILES string of the molecule is Cn1cnnc1CNCCC(N)C(=O)O. The van der Waals surface area contributed by atoms with Gasteiger partial charge >= 0.3 is 5.97 Å². The van der Waals surface area contributed by atoms with Gasteiger partial charge < -0.3 is 20.7 Å². The van der Waals surface area contributed by atoms with Gasteiger partial charge in [-0.1, -0.05) is 0 Å². The third-order valence-electron chi connectivity index (χ3n) is 2.04. The molecule has 1 rings (SSSR count). The average Bonchev–Trinajstić information content (AvgIpc) is 2.58. The lowest BCUT2D eigenvalue weighted by Gasteiger charge is -2.07. The van der Waals surface area contributed by atoms with Crippen molar-refractivity contribution < 1.29 is 9.90 Å². The van der Waals surface area contributed by atoms with E-state index in [1.54, 1.807) is 10.9 Å². The summed E-state index contributed by atoms with van der Waals surface area (Å²) in [6.45, 7) is 1.10. The van der Waals surface area contributed by atoms with Crippen molar-refractivity contribution in [2.45, 2.75) is 19.0 Å². The summed E-state index contributed by atoms with van der Waals surface area (Å²) in [5, 5.41) is 19.2. The fourth-order valence-corrected chi connectivity index (χ4v) is 1.05. The van der Waals surface area contributed by atoms with Crippen molar-refractivity contribution in [3.05, 3.63) is 12.2 Å². The molecule has 0 saturated carbocycles. The Balaban J connectivity index is 2.17. The summed E-state index contributed by atoms with van der Waals surface area (Å²) in [6, 6.07) is -0.808. The summed E-state index contributed by atoms with van der Waals surface area (Å²) >= 11 is 0. The molecule has 1 atom stereocenters. The number of aliphatic carboxylic acids is 1. The highest BCUT2D eigenvalue weighted by Crippen LogP contribution is 1.91. The van der Waals surface area contributed by atoms with Crippen molar-refractivity contribution in [1.29, 1.82) is 0 Å². The highest BCUT2D eigenvalue weighted by atomic mass is 16.4. The molecule has 0 bridgehead atoms. The van der Waals surface area contributed by atoms with Gasteiger partial charge in [-0.2, -0.15) is 0 Å². The molecule has 0 aliphatic carbocycles. The molecule has 0 aliphatic heterocycles. The van der Waals surface area contributed by atoms with Gasteiger partial charge in [-0.25, -0.2) is 0 Å². The molecular formula is C8H15N5O2. The maximum atomic E-state index is 10.4. The van der Waals surface area contributed by atoms with Crippen LogP contribution in [-0.2, 0) is 18.4 Å². The second-order valence-electron chi connectivity index (χ2n) is 3.27. The molecule has 7 nitrogen and oxygen atoms in total. The van der Waals surface area contributed by atoms with Gasteiger partial charge in [0.15, 0.2) is 0 Å². The van der Waals surface area contributed by atoms with Crippen LogP contribution >= 0.6 is 0 Å². The zero-order valence-electron chi connectivity index (χ0n) is 8.55. The van der Waals surface area contributed by atoms with E-state index >= 15 is 0 Å². The Morgan fingerprint density at radius 1 is 1.80 bits per heavy atom. The molecule has 1 unspecified atom stereocenters. The second-order valence-corrected chi connectivity index (χ2v) is 3.27. The van der Waals surface area contributed by atoms with Crippen LogP contribution in [0.1, 0.15) is 12.2 Å². The zero-order valence-corrected chi connectivity index (χ0v) is 8.55. The van der Waals surface area contributed by atoms with Gasteiger partial charge in [0.2, 0.25) is 0 Å². The van der Waals surface area contributed by atoms with Crippen LogP contribution in [0.15, 0.2) is 6.33 Å². The Hall–Kier alpha value is -1.47. The van der Waals surface area contributed by atoms with Gasteiger partial charge in [0.25, 0.3) is 0 Å². The topological polar surface area (TPSA) is 106 Å². The Kier molecular flexibility index (Phi) is 4.19. The number of aryl methyl sites for hydroxylation is 1. The van der Waals surface area contributed by atoms with Crippen LogP contribution in [0.4, 0.5) is 0 Å². The number of nitrogens with two attached hydrogens (primary N) is 1. The van der Waals surface area contributed by atoms with Crippen LogP contribution in [0.5, 0.6) is 0 Å². The van der Waals surface area contributed by atoms with Gasteiger partial charge in [-0.05, 0) is 13.0 Å². The fourth-order valence-electron chi connectivity index (χ4n) is 1.05. The first kappa shape index (κ1) is 11.6. The van der Waals surface area contributed by atoms with E-state index in [-0.39, 0.29) is 0 Å². The Morgan fingerprint density at radius 2 is 2.53 bits per heavy atom. The van der Waals surface area contributed by atoms with Crippen molar-refractivity contribution in [3.8, 4) is 0 Å². The lowest BCUT2D eigenvalue weighted by Crippen LogP contribution is -2.33. The van der Waals surface area contributed by atoms with Crippen LogP contribution in [0, 0.1) is 0 Å². The molecule has 0 spiro atoms. The highest BCUT2D eigenvalue weighted by molar-refractivity contribution is 5.72. The van der Waals surface area contributed by atoms with Crippen LogP contribution in [0.25, 0.3) is 0 Å². The number of carboxylic acid groups (broad SMARTS) is 1. The molecule has 0 aliphatic rings.